The topological polar surface area (TPSA) is 94.6 Å². The summed E-state index contributed by atoms with van der Waals surface area (Å²) in [6, 6.07) is 8.94. The summed E-state index contributed by atoms with van der Waals surface area (Å²) < 4.78 is 45.9. The Labute approximate surface area is 168 Å². The Morgan fingerprint density at radius 3 is 2.73 bits per heavy atom. The van der Waals surface area contributed by atoms with E-state index in [0.717, 1.165) is 23.7 Å². The predicted molar refractivity (Wildman–Crippen MR) is 99.8 cm³/mol. The third-order valence-electron chi connectivity index (χ3n) is 4.25. The molecule has 11 heteroatoms. The third-order valence-corrected chi connectivity index (χ3v) is 4.25. The molecule has 0 aliphatic rings. The van der Waals surface area contributed by atoms with E-state index < -0.39 is 18.1 Å². The van der Waals surface area contributed by atoms with Crippen LogP contribution in [-0.4, -0.2) is 37.2 Å². The molecule has 30 heavy (non-hydrogen) atoms. The fourth-order valence-electron chi connectivity index (χ4n) is 2.85. The lowest BCUT2D eigenvalue weighted by molar-refractivity contribution is 0.116. The van der Waals surface area contributed by atoms with Crippen LogP contribution in [0.3, 0.4) is 0 Å². The summed E-state index contributed by atoms with van der Waals surface area (Å²) in [4.78, 5) is 4.04. The number of rotatable bonds is 7. The minimum atomic E-state index is -2.90. The molecule has 8 nitrogen and oxygen atoms in total. The van der Waals surface area contributed by atoms with Crippen molar-refractivity contribution in [2.24, 2.45) is 0 Å². The lowest BCUT2D eigenvalue weighted by atomic mass is 10.1. The highest BCUT2D eigenvalue weighted by Gasteiger charge is 2.18. The number of pyridine rings is 1. The third kappa shape index (κ3) is 4.20. The SMILES string of the molecule is CNCc1cccc(-c2cn(Cc3ncc(-c4nnc(C(F)F)o4)cc3F)nn2)c1. The minimum Gasteiger partial charge on any atom is -0.415 e. The molecule has 1 N–H and O–H groups in total. The molecule has 0 aliphatic heterocycles. The fourth-order valence-corrected chi connectivity index (χ4v) is 2.85. The first kappa shape index (κ1) is 19.7. The van der Waals surface area contributed by atoms with Crippen LogP contribution >= 0.6 is 0 Å². The fraction of sp³-hybridized carbons (Fsp3) is 0.211. The molecule has 4 aromatic rings. The van der Waals surface area contributed by atoms with E-state index in [1.54, 1.807) is 6.20 Å². The van der Waals surface area contributed by atoms with Gasteiger partial charge in [-0.1, -0.05) is 23.4 Å². The smallest absolute Gasteiger partial charge is 0.314 e. The highest BCUT2D eigenvalue weighted by Crippen LogP contribution is 2.24. The predicted octanol–water partition coefficient (Wildman–Crippen LogP) is 3.23. The first-order valence-electron chi connectivity index (χ1n) is 8.94. The molecule has 0 radical (unpaired) electrons. The average molecular weight is 415 g/mol. The van der Waals surface area contributed by atoms with Crippen LogP contribution in [0.4, 0.5) is 13.2 Å². The van der Waals surface area contributed by atoms with Crippen LogP contribution in [-0.2, 0) is 13.1 Å². The summed E-state index contributed by atoms with van der Waals surface area (Å²) in [6.07, 6.45) is 0.0736. The molecule has 0 amide bonds. The summed E-state index contributed by atoms with van der Waals surface area (Å²) >= 11 is 0. The summed E-state index contributed by atoms with van der Waals surface area (Å²) in [5, 5.41) is 18.0. The Balaban J connectivity index is 1.51. The molecule has 3 heterocycles. The highest BCUT2D eigenvalue weighted by molar-refractivity contribution is 5.58. The molecule has 0 saturated carbocycles. The van der Waals surface area contributed by atoms with Crippen molar-refractivity contribution in [3.05, 3.63) is 65.7 Å². The van der Waals surface area contributed by atoms with Gasteiger partial charge in [-0.05, 0) is 24.7 Å². The molecule has 0 aliphatic carbocycles. The van der Waals surface area contributed by atoms with E-state index in [4.69, 9.17) is 4.42 Å². The van der Waals surface area contributed by atoms with Crippen molar-refractivity contribution in [1.82, 2.24) is 35.5 Å². The quantitative estimate of drug-likeness (QED) is 0.495. The first-order valence-corrected chi connectivity index (χ1v) is 8.94. The Kier molecular flexibility index (Phi) is 5.53. The summed E-state index contributed by atoms with van der Waals surface area (Å²) in [5.41, 5.74) is 2.85. The van der Waals surface area contributed by atoms with E-state index in [9.17, 15) is 13.2 Å². The van der Waals surface area contributed by atoms with E-state index in [1.807, 2.05) is 31.3 Å². The van der Waals surface area contributed by atoms with Gasteiger partial charge in [0.25, 0.3) is 5.89 Å². The van der Waals surface area contributed by atoms with Crippen molar-refractivity contribution < 1.29 is 17.6 Å². The monoisotopic (exact) mass is 415 g/mol. The summed E-state index contributed by atoms with van der Waals surface area (Å²) in [5.74, 6) is -1.71. The van der Waals surface area contributed by atoms with Gasteiger partial charge in [-0.2, -0.15) is 8.78 Å². The Hall–Kier alpha value is -3.60. The minimum absolute atomic E-state index is 0.0431. The maximum absolute atomic E-state index is 14.5. The van der Waals surface area contributed by atoms with Crippen LogP contribution in [0.15, 0.2) is 47.1 Å². The largest absolute Gasteiger partial charge is 0.415 e. The molecule has 1 aromatic carbocycles. The Bertz CT molecular complexity index is 1160. The zero-order chi connectivity index (χ0) is 21.1. The van der Waals surface area contributed by atoms with Crippen molar-refractivity contribution >= 4 is 0 Å². The molecular formula is C19H16F3N7O. The van der Waals surface area contributed by atoms with Gasteiger partial charge in [-0.15, -0.1) is 15.3 Å². The second-order valence-corrected chi connectivity index (χ2v) is 6.43. The standard InChI is InChI=1S/C19H16F3N7O/c1-23-7-11-3-2-4-12(5-11)15-9-29(28-25-15)10-16-14(20)6-13(8-24-16)18-26-27-19(30-18)17(21)22/h2-6,8-9,17,23H,7,10H2,1H3. The average Bonchev–Trinajstić information content (AvgIpc) is 3.40. The number of benzene rings is 1. The normalized spacial score (nSPS) is 11.4. The number of hydrogen-bond donors (Lipinski definition) is 1. The van der Waals surface area contributed by atoms with Gasteiger partial charge in [0.2, 0.25) is 5.89 Å². The number of nitrogens with zero attached hydrogens (tertiary/aromatic N) is 6. The van der Waals surface area contributed by atoms with E-state index in [2.05, 4.69) is 30.8 Å². The van der Waals surface area contributed by atoms with Gasteiger partial charge in [-0.25, -0.2) is 9.07 Å². The number of hydrogen-bond acceptors (Lipinski definition) is 7. The number of alkyl halides is 2. The van der Waals surface area contributed by atoms with Crippen molar-refractivity contribution in [3.8, 4) is 22.7 Å². The van der Waals surface area contributed by atoms with Crippen molar-refractivity contribution in [3.63, 3.8) is 0 Å². The van der Waals surface area contributed by atoms with Crippen molar-refractivity contribution in [1.29, 1.82) is 0 Å². The molecule has 3 aromatic heterocycles. The second-order valence-electron chi connectivity index (χ2n) is 6.43. The number of nitrogens with one attached hydrogen (secondary N) is 1. The number of halogens is 3. The lowest BCUT2D eigenvalue weighted by Crippen LogP contribution is -2.05. The second kappa shape index (κ2) is 8.41. The lowest BCUT2D eigenvalue weighted by Gasteiger charge is -2.03. The van der Waals surface area contributed by atoms with E-state index in [-0.39, 0.29) is 23.7 Å². The number of aromatic nitrogens is 6. The van der Waals surface area contributed by atoms with Crippen molar-refractivity contribution in [2.75, 3.05) is 7.05 Å². The zero-order valence-corrected chi connectivity index (χ0v) is 15.8. The molecule has 0 atom stereocenters. The molecule has 154 valence electrons. The molecule has 0 spiro atoms. The Morgan fingerprint density at radius 1 is 1.13 bits per heavy atom. The summed E-state index contributed by atoms with van der Waals surface area (Å²) in [6.45, 7) is 0.768. The van der Waals surface area contributed by atoms with Crippen LogP contribution < -0.4 is 5.32 Å². The van der Waals surface area contributed by atoms with Gasteiger partial charge < -0.3 is 9.73 Å². The maximum Gasteiger partial charge on any atom is 0.314 e. The van der Waals surface area contributed by atoms with Gasteiger partial charge in [-0.3, -0.25) is 4.98 Å². The molecule has 0 bridgehead atoms. The molecule has 0 saturated heterocycles. The zero-order valence-electron chi connectivity index (χ0n) is 15.8. The van der Waals surface area contributed by atoms with Gasteiger partial charge in [0.1, 0.15) is 11.5 Å². The molecule has 0 fully saturated rings. The van der Waals surface area contributed by atoms with Crippen molar-refractivity contribution in [2.45, 2.75) is 19.5 Å². The highest BCUT2D eigenvalue weighted by atomic mass is 19.3. The molecular weight excluding hydrogens is 399 g/mol. The van der Waals surface area contributed by atoms with E-state index in [0.29, 0.717) is 5.69 Å². The van der Waals surface area contributed by atoms with Crippen LogP contribution in [0.5, 0.6) is 0 Å². The summed E-state index contributed by atoms with van der Waals surface area (Å²) in [7, 11) is 1.87. The van der Waals surface area contributed by atoms with Gasteiger partial charge >= 0.3 is 6.43 Å². The van der Waals surface area contributed by atoms with E-state index in [1.165, 1.54) is 10.9 Å². The van der Waals surface area contributed by atoms with Gasteiger partial charge in [0, 0.05) is 18.3 Å². The molecule has 4 rings (SSSR count). The van der Waals surface area contributed by atoms with Crippen LogP contribution in [0, 0.1) is 5.82 Å². The van der Waals surface area contributed by atoms with Crippen LogP contribution in [0.25, 0.3) is 22.7 Å². The first-order chi connectivity index (χ1) is 14.5. The maximum atomic E-state index is 14.5. The van der Waals surface area contributed by atoms with Gasteiger partial charge in [0.05, 0.1) is 24.0 Å². The Morgan fingerprint density at radius 2 is 2.00 bits per heavy atom. The molecule has 0 unspecified atom stereocenters. The van der Waals surface area contributed by atoms with Gasteiger partial charge in [0.15, 0.2) is 0 Å². The van der Waals surface area contributed by atoms with Crippen LogP contribution in [0.1, 0.15) is 23.6 Å². The van der Waals surface area contributed by atoms with Crippen LogP contribution in [0.2, 0.25) is 0 Å². The van der Waals surface area contributed by atoms with E-state index >= 15 is 0 Å².